The van der Waals surface area contributed by atoms with E-state index in [9.17, 15) is 0 Å². The van der Waals surface area contributed by atoms with Crippen LogP contribution in [0.3, 0.4) is 0 Å². The predicted molar refractivity (Wildman–Crippen MR) is 59.7 cm³/mol. The molecule has 2 aromatic rings. The van der Waals surface area contributed by atoms with Gasteiger partial charge in [-0.05, 0) is 42.5 Å². The van der Waals surface area contributed by atoms with Crippen LogP contribution in [0.15, 0.2) is 42.7 Å². The number of nitrogens with zero attached hydrogens (tertiary/aromatic N) is 2. The SMILES string of the molecule is c1cnn(Nc2ccc(C3CC3)cc2)c1. The van der Waals surface area contributed by atoms with Crippen molar-refractivity contribution in [3.63, 3.8) is 0 Å². The van der Waals surface area contributed by atoms with Crippen LogP contribution in [0.2, 0.25) is 0 Å². The van der Waals surface area contributed by atoms with E-state index in [-0.39, 0.29) is 0 Å². The zero-order chi connectivity index (χ0) is 10.1. The highest BCUT2D eigenvalue weighted by Gasteiger charge is 2.22. The van der Waals surface area contributed by atoms with E-state index < -0.39 is 0 Å². The molecule has 0 spiro atoms. The zero-order valence-corrected chi connectivity index (χ0v) is 8.43. The van der Waals surface area contributed by atoms with Crippen LogP contribution in [0.4, 0.5) is 5.69 Å². The minimum absolute atomic E-state index is 0.823. The van der Waals surface area contributed by atoms with Gasteiger partial charge in [-0.15, -0.1) is 0 Å². The van der Waals surface area contributed by atoms with Gasteiger partial charge >= 0.3 is 0 Å². The maximum Gasteiger partial charge on any atom is 0.0562 e. The van der Waals surface area contributed by atoms with Crippen molar-refractivity contribution in [2.75, 3.05) is 5.43 Å². The molecule has 3 heteroatoms. The molecule has 1 aliphatic rings. The third-order valence-corrected chi connectivity index (χ3v) is 2.71. The standard InChI is InChI=1S/C12H13N3/c1-8-13-15(9-1)14-12-6-4-11(5-7-12)10-2-3-10/h1,4-10,14H,2-3H2. The quantitative estimate of drug-likeness (QED) is 0.823. The first-order chi connectivity index (χ1) is 7.42. The van der Waals surface area contributed by atoms with E-state index in [1.54, 1.807) is 11.0 Å². The van der Waals surface area contributed by atoms with Gasteiger partial charge in [0, 0.05) is 6.20 Å². The first kappa shape index (κ1) is 8.53. The van der Waals surface area contributed by atoms with Crippen LogP contribution >= 0.6 is 0 Å². The maximum atomic E-state index is 4.09. The van der Waals surface area contributed by atoms with Gasteiger partial charge in [0.05, 0.1) is 11.9 Å². The Morgan fingerprint density at radius 1 is 1.20 bits per heavy atom. The summed E-state index contributed by atoms with van der Waals surface area (Å²) < 4.78 is 0. The normalized spacial score (nSPS) is 15.2. The minimum Gasteiger partial charge on any atom is -0.278 e. The Morgan fingerprint density at radius 3 is 2.60 bits per heavy atom. The smallest absolute Gasteiger partial charge is 0.0562 e. The fraction of sp³-hybridized carbons (Fsp3) is 0.250. The van der Waals surface area contributed by atoms with Gasteiger partial charge in [0.25, 0.3) is 0 Å². The summed E-state index contributed by atoms with van der Waals surface area (Å²) in [5.41, 5.74) is 5.71. The topological polar surface area (TPSA) is 29.9 Å². The Labute approximate surface area is 88.7 Å². The van der Waals surface area contributed by atoms with Crippen LogP contribution in [0.25, 0.3) is 0 Å². The van der Waals surface area contributed by atoms with Gasteiger partial charge < -0.3 is 0 Å². The van der Waals surface area contributed by atoms with Crippen LogP contribution in [-0.4, -0.2) is 9.89 Å². The van der Waals surface area contributed by atoms with Gasteiger partial charge in [-0.1, -0.05) is 12.1 Å². The molecule has 1 N–H and O–H groups in total. The van der Waals surface area contributed by atoms with Crippen molar-refractivity contribution in [2.24, 2.45) is 0 Å². The van der Waals surface area contributed by atoms with E-state index >= 15 is 0 Å². The van der Waals surface area contributed by atoms with Gasteiger partial charge in [0.2, 0.25) is 0 Å². The average molecular weight is 199 g/mol. The summed E-state index contributed by atoms with van der Waals surface area (Å²) in [6.07, 6.45) is 6.35. The van der Waals surface area contributed by atoms with Crippen molar-refractivity contribution < 1.29 is 0 Å². The van der Waals surface area contributed by atoms with Crippen molar-refractivity contribution in [1.82, 2.24) is 9.89 Å². The third-order valence-electron chi connectivity index (χ3n) is 2.71. The fourth-order valence-electron chi connectivity index (χ4n) is 1.71. The summed E-state index contributed by atoms with van der Waals surface area (Å²) in [4.78, 5) is 1.70. The van der Waals surface area contributed by atoms with Crippen molar-refractivity contribution >= 4 is 5.69 Å². The van der Waals surface area contributed by atoms with Crippen LogP contribution < -0.4 is 5.43 Å². The van der Waals surface area contributed by atoms with Crippen molar-refractivity contribution in [3.8, 4) is 0 Å². The van der Waals surface area contributed by atoms with Crippen molar-refractivity contribution in [1.29, 1.82) is 0 Å². The Bertz CT molecular complexity index is 426. The molecule has 1 aromatic heterocycles. The molecule has 0 amide bonds. The summed E-state index contributed by atoms with van der Waals surface area (Å²) in [6.45, 7) is 0. The Hall–Kier alpha value is -1.77. The number of hydrogen-bond donors (Lipinski definition) is 1. The van der Waals surface area contributed by atoms with E-state index in [4.69, 9.17) is 0 Å². The van der Waals surface area contributed by atoms with E-state index in [0.29, 0.717) is 0 Å². The first-order valence-electron chi connectivity index (χ1n) is 5.28. The molecule has 0 bridgehead atoms. The summed E-state index contributed by atoms with van der Waals surface area (Å²) in [6, 6.07) is 10.5. The molecule has 1 fully saturated rings. The van der Waals surface area contributed by atoms with Gasteiger partial charge in [-0.2, -0.15) is 9.89 Å². The van der Waals surface area contributed by atoms with E-state index in [1.807, 2.05) is 12.3 Å². The molecule has 0 aliphatic heterocycles. The number of rotatable bonds is 3. The summed E-state index contributed by atoms with van der Waals surface area (Å²) in [7, 11) is 0. The first-order valence-corrected chi connectivity index (χ1v) is 5.28. The van der Waals surface area contributed by atoms with Crippen LogP contribution in [0.1, 0.15) is 24.3 Å². The molecule has 3 rings (SSSR count). The van der Waals surface area contributed by atoms with Gasteiger partial charge in [-0.3, -0.25) is 5.43 Å². The molecule has 76 valence electrons. The Balaban J connectivity index is 1.75. The van der Waals surface area contributed by atoms with E-state index in [0.717, 1.165) is 11.6 Å². The third kappa shape index (κ3) is 1.86. The number of nitrogens with one attached hydrogen (secondary N) is 1. The minimum atomic E-state index is 0.823. The highest BCUT2D eigenvalue weighted by atomic mass is 15.5. The lowest BCUT2D eigenvalue weighted by molar-refractivity contribution is 0.803. The Kier molecular flexibility index (Phi) is 1.95. The second-order valence-corrected chi connectivity index (χ2v) is 3.96. The molecule has 0 unspecified atom stereocenters. The zero-order valence-electron chi connectivity index (χ0n) is 8.43. The van der Waals surface area contributed by atoms with Crippen LogP contribution in [0, 0.1) is 0 Å². The highest BCUT2D eigenvalue weighted by Crippen LogP contribution is 2.40. The summed E-state index contributed by atoms with van der Waals surface area (Å²) in [5.74, 6) is 0.823. The monoisotopic (exact) mass is 199 g/mol. The lowest BCUT2D eigenvalue weighted by atomic mass is 10.1. The number of aromatic nitrogens is 2. The summed E-state index contributed by atoms with van der Waals surface area (Å²) in [5, 5.41) is 4.09. The number of benzene rings is 1. The van der Waals surface area contributed by atoms with Gasteiger partial charge in [0.15, 0.2) is 0 Å². The molecule has 1 saturated carbocycles. The molecular formula is C12H13N3. The number of anilines is 1. The molecule has 15 heavy (non-hydrogen) atoms. The van der Waals surface area contributed by atoms with Gasteiger partial charge in [-0.25, -0.2) is 0 Å². The second kappa shape index (κ2) is 3.42. The largest absolute Gasteiger partial charge is 0.278 e. The lowest BCUT2D eigenvalue weighted by Crippen LogP contribution is -2.08. The molecule has 1 heterocycles. The molecule has 0 radical (unpaired) electrons. The average Bonchev–Trinajstić information content (AvgIpc) is 2.99. The van der Waals surface area contributed by atoms with Crippen LogP contribution in [-0.2, 0) is 0 Å². The second-order valence-electron chi connectivity index (χ2n) is 3.96. The number of hydrogen-bond acceptors (Lipinski definition) is 2. The molecular weight excluding hydrogens is 186 g/mol. The molecule has 1 aliphatic carbocycles. The highest BCUT2D eigenvalue weighted by molar-refractivity contribution is 5.45. The lowest BCUT2D eigenvalue weighted by Gasteiger charge is -2.06. The Morgan fingerprint density at radius 2 is 2.00 bits per heavy atom. The molecule has 1 aromatic carbocycles. The van der Waals surface area contributed by atoms with E-state index in [2.05, 4.69) is 34.8 Å². The molecule has 0 atom stereocenters. The van der Waals surface area contributed by atoms with Crippen molar-refractivity contribution in [2.45, 2.75) is 18.8 Å². The van der Waals surface area contributed by atoms with Crippen molar-refractivity contribution in [3.05, 3.63) is 48.3 Å². The van der Waals surface area contributed by atoms with Crippen LogP contribution in [0.5, 0.6) is 0 Å². The maximum absolute atomic E-state index is 4.09. The van der Waals surface area contributed by atoms with Gasteiger partial charge in [0.1, 0.15) is 0 Å². The fourth-order valence-corrected chi connectivity index (χ4v) is 1.71. The predicted octanol–water partition coefficient (Wildman–Crippen LogP) is 2.64. The molecule has 3 nitrogen and oxygen atoms in total. The molecule has 0 saturated heterocycles. The summed E-state index contributed by atoms with van der Waals surface area (Å²) >= 11 is 0. The van der Waals surface area contributed by atoms with E-state index in [1.165, 1.54) is 18.4 Å².